The molecular formula is C18H12Br. The van der Waals surface area contributed by atoms with Gasteiger partial charge in [-0.1, -0.05) is 60.7 Å². The third kappa shape index (κ3) is 2.47. The standard InChI is InChI=1S/C18H12Br/c19-18-16(14-8-3-1-4-9-14)12-7-13-17(18)15-10-5-2-6-11-15/h1-6,8-13H. The molecule has 19 heavy (non-hydrogen) atoms. The van der Waals surface area contributed by atoms with E-state index >= 15 is 0 Å². The van der Waals surface area contributed by atoms with Crippen LogP contribution >= 0.6 is 15.9 Å². The topological polar surface area (TPSA) is 0 Å². The molecule has 0 aliphatic carbocycles. The van der Waals surface area contributed by atoms with Crippen LogP contribution in [0.15, 0.2) is 77.3 Å². The molecule has 0 spiro atoms. The van der Waals surface area contributed by atoms with Gasteiger partial charge in [0.2, 0.25) is 0 Å². The van der Waals surface area contributed by atoms with Crippen LogP contribution in [0.2, 0.25) is 0 Å². The van der Waals surface area contributed by atoms with Crippen LogP contribution in [0, 0.1) is 6.07 Å². The number of hydrogen-bond donors (Lipinski definition) is 0. The molecule has 3 rings (SSSR count). The molecule has 0 saturated heterocycles. The minimum atomic E-state index is 1.11. The van der Waals surface area contributed by atoms with Gasteiger partial charge in [-0.3, -0.25) is 0 Å². The van der Waals surface area contributed by atoms with Crippen LogP contribution in [0.25, 0.3) is 22.3 Å². The van der Waals surface area contributed by atoms with Crippen molar-refractivity contribution in [3.8, 4) is 22.3 Å². The Morgan fingerprint density at radius 1 is 0.632 bits per heavy atom. The Bertz CT molecular complexity index is 615. The Balaban J connectivity index is 2.15. The van der Waals surface area contributed by atoms with E-state index < -0.39 is 0 Å². The van der Waals surface area contributed by atoms with Gasteiger partial charge in [0.15, 0.2) is 0 Å². The van der Waals surface area contributed by atoms with E-state index in [0.29, 0.717) is 0 Å². The maximum absolute atomic E-state index is 3.73. The fraction of sp³-hybridized carbons (Fsp3) is 0. The van der Waals surface area contributed by atoms with E-state index in [0.717, 1.165) is 4.47 Å². The Kier molecular flexibility index (Phi) is 3.47. The fourth-order valence-corrected chi connectivity index (χ4v) is 2.82. The molecule has 0 bridgehead atoms. The molecule has 3 aromatic rings. The lowest BCUT2D eigenvalue weighted by atomic mass is 9.99. The SMILES string of the molecule is Brc1c(-c2ccccc2)c[c]cc1-c1ccccc1. The molecule has 0 amide bonds. The summed E-state index contributed by atoms with van der Waals surface area (Å²) in [6.45, 7) is 0. The first-order valence-corrected chi connectivity index (χ1v) is 6.96. The van der Waals surface area contributed by atoms with Crippen molar-refractivity contribution < 1.29 is 0 Å². The normalized spacial score (nSPS) is 10.4. The summed E-state index contributed by atoms with van der Waals surface area (Å²) in [7, 11) is 0. The quantitative estimate of drug-likeness (QED) is 0.579. The average Bonchev–Trinajstić information content (AvgIpc) is 2.49. The minimum absolute atomic E-state index is 1.11. The summed E-state index contributed by atoms with van der Waals surface area (Å²) >= 11 is 3.73. The Labute approximate surface area is 121 Å². The maximum atomic E-state index is 3.73. The third-order valence-corrected chi connectivity index (χ3v) is 3.95. The highest BCUT2D eigenvalue weighted by Gasteiger charge is 2.08. The van der Waals surface area contributed by atoms with Crippen molar-refractivity contribution in [1.29, 1.82) is 0 Å². The lowest BCUT2D eigenvalue weighted by molar-refractivity contribution is 1.55. The summed E-state index contributed by atoms with van der Waals surface area (Å²) in [5.41, 5.74) is 4.73. The van der Waals surface area contributed by atoms with Gasteiger partial charge < -0.3 is 0 Å². The summed E-state index contributed by atoms with van der Waals surface area (Å²) in [4.78, 5) is 0. The highest BCUT2D eigenvalue weighted by atomic mass is 79.9. The second-order valence-corrected chi connectivity index (χ2v) is 5.12. The summed E-state index contributed by atoms with van der Waals surface area (Å²) < 4.78 is 1.11. The lowest BCUT2D eigenvalue weighted by Crippen LogP contribution is -1.84. The van der Waals surface area contributed by atoms with Crippen molar-refractivity contribution in [3.05, 3.63) is 83.3 Å². The van der Waals surface area contributed by atoms with E-state index in [9.17, 15) is 0 Å². The molecule has 0 aromatic heterocycles. The van der Waals surface area contributed by atoms with E-state index in [1.165, 1.54) is 22.3 Å². The zero-order chi connectivity index (χ0) is 13.1. The molecule has 1 heteroatoms. The van der Waals surface area contributed by atoms with Crippen LogP contribution in [0.1, 0.15) is 0 Å². The van der Waals surface area contributed by atoms with Crippen LogP contribution in [0.5, 0.6) is 0 Å². The number of rotatable bonds is 2. The fourth-order valence-electron chi connectivity index (χ4n) is 2.14. The first-order valence-electron chi connectivity index (χ1n) is 6.17. The van der Waals surface area contributed by atoms with Crippen LogP contribution < -0.4 is 0 Å². The van der Waals surface area contributed by atoms with E-state index in [-0.39, 0.29) is 0 Å². The zero-order valence-electron chi connectivity index (χ0n) is 10.3. The second kappa shape index (κ2) is 5.41. The first-order chi connectivity index (χ1) is 9.36. The average molecular weight is 308 g/mol. The lowest BCUT2D eigenvalue weighted by Gasteiger charge is -2.10. The molecule has 0 saturated carbocycles. The van der Waals surface area contributed by atoms with E-state index in [4.69, 9.17) is 0 Å². The molecule has 0 aliphatic rings. The van der Waals surface area contributed by atoms with Crippen molar-refractivity contribution in [3.63, 3.8) is 0 Å². The first kappa shape index (κ1) is 12.2. The van der Waals surface area contributed by atoms with Crippen molar-refractivity contribution >= 4 is 15.9 Å². The smallest absolute Gasteiger partial charge is 0.0332 e. The van der Waals surface area contributed by atoms with E-state index in [1.807, 2.05) is 24.3 Å². The zero-order valence-corrected chi connectivity index (χ0v) is 11.9. The molecule has 0 atom stereocenters. The van der Waals surface area contributed by atoms with E-state index in [1.54, 1.807) is 0 Å². The predicted octanol–water partition coefficient (Wildman–Crippen LogP) is 5.58. The molecule has 0 aliphatic heterocycles. The van der Waals surface area contributed by atoms with Gasteiger partial charge in [-0.15, -0.1) is 0 Å². The van der Waals surface area contributed by atoms with Gasteiger partial charge in [-0.05, 0) is 56.4 Å². The Morgan fingerprint density at radius 2 is 1.05 bits per heavy atom. The Morgan fingerprint density at radius 3 is 1.47 bits per heavy atom. The number of benzene rings is 3. The van der Waals surface area contributed by atoms with Gasteiger partial charge in [-0.2, -0.15) is 0 Å². The van der Waals surface area contributed by atoms with Crippen molar-refractivity contribution in [2.45, 2.75) is 0 Å². The monoisotopic (exact) mass is 307 g/mol. The van der Waals surface area contributed by atoms with E-state index in [2.05, 4.69) is 70.5 Å². The molecule has 91 valence electrons. The van der Waals surface area contributed by atoms with Gasteiger partial charge in [0.1, 0.15) is 0 Å². The predicted molar refractivity (Wildman–Crippen MR) is 83.9 cm³/mol. The number of halogens is 1. The highest BCUT2D eigenvalue weighted by Crippen LogP contribution is 2.36. The molecular weight excluding hydrogens is 296 g/mol. The summed E-state index contributed by atoms with van der Waals surface area (Å²) in [5, 5.41) is 0. The summed E-state index contributed by atoms with van der Waals surface area (Å²) in [6.07, 6.45) is 0. The van der Waals surface area contributed by atoms with Gasteiger partial charge >= 0.3 is 0 Å². The van der Waals surface area contributed by atoms with Gasteiger partial charge in [0, 0.05) is 4.47 Å². The molecule has 3 aromatic carbocycles. The second-order valence-electron chi connectivity index (χ2n) is 4.33. The molecule has 1 radical (unpaired) electrons. The maximum Gasteiger partial charge on any atom is 0.0332 e. The highest BCUT2D eigenvalue weighted by molar-refractivity contribution is 9.10. The van der Waals surface area contributed by atoms with Crippen LogP contribution in [-0.4, -0.2) is 0 Å². The molecule has 0 nitrogen and oxygen atoms in total. The minimum Gasteiger partial charge on any atom is -0.0622 e. The Hall–Kier alpha value is -1.86. The van der Waals surface area contributed by atoms with Crippen molar-refractivity contribution in [2.24, 2.45) is 0 Å². The largest absolute Gasteiger partial charge is 0.0622 e. The van der Waals surface area contributed by atoms with Gasteiger partial charge in [-0.25, -0.2) is 0 Å². The summed E-state index contributed by atoms with van der Waals surface area (Å²) in [5.74, 6) is 0. The third-order valence-electron chi connectivity index (χ3n) is 3.10. The van der Waals surface area contributed by atoms with Crippen molar-refractivity contribution in [2.75, 3.05) is 0 Å². The molecule has 0 fully saturated rings. The van der Waals surface area contributed by atoms with Crippen LogP contribution in [-0.2, 0) is 0 Å². The van der Waals surface area contributed by atoms with Crippen LogP contribution in [0.3, 0.4) is 0 Å². The molecule has 0 unspecified atom stereocenters. The molecule has 0 heterocycles. The van der Waals surface area contributed by atoms with Gasteiger partial charge in [0.05, 0.1) is 0 Å². The molecule has 0 N–H and O–H groups in total. The van der Waals surface area contributed by atoms with Gasteiger partial charge in [0.25, 0.3) is 0 Å². The van der Waals surface area contributed by atoms with Crippen molar-refractivity contribution in [1.82, 2.24) is 0 Å². The van der Waals surface area contributed by atoms with Crippen LogP contribution in [0.4, 0.5) is 0 Å². The number of hydrogen-bond acceptors (Lipinski definition) is 0. The summed E-state index contributed by atoms with van der Waals surface area (Å²) in [6, 6.07) is 28.0.